The van der Waals surface area contributed by atoms with Gasteiger partial charge in [0, 0.05) is 27.8 Å². The summed E-state index contributed by atoms with van der Waals surface area (Å²) in [5.41, 5.74) is 5.57. The number of urea groups is 1. The number of nitrogens with one attached hydrogen (secondary N) is 3. The van der Waals surface area contributed by atoms with Crippen molar-refractivity contribution in [2.45, 2.75) is 12.5 Å². The number of hydrazine groups is 1. The molecule has 148 valence electrons. The van der Waals surface area contributed by atoms with Gasteiger partial charge in [0.1, 0.15) is 0 Å². The zero-order valence-electron chi connectivity index (χ0n) is 15.6. The number of rotatable bonds is 2. The zero-order chi connectivity index (χ0) is 20.6. The van der Waals surface area contributed by atoms with Gasteiger partial charge in [0.15, 0.2) is 5.78 Å². The van der Waals surface area contributed by atoms with E-state index in [1.165, 1.54) is 0 Å². The van der Waals surface area contributed by atoms with E-state index in [0.717, 1.165) is 21.3 Å². The van der Waals surface area contributed by atoms with E-state index < -0.39 is 6.03 Å². The number of amides is 2. The van der Waals surface area contributed by atoms with Gasteiger partial charge in [-0.25, -0.2) is 10.6 Å². The van der Waals surface area contributed by atoms with Crippen LogP contribution in [-0.4, -0.2) is 11.8 Å². The van der Waals surface area contributed by atoms with Gasteiger partial charge in [0.05, 0.1) is 6.04 Å². The third-order valence-electron chi connectivity index (χ3n) is 4.38. The molecule has 1 aliphatic heterocycles. The molecule has 4 rings (SSSR count). The van der Waals surface area contributed by atoms with Gasteiger partial charge in [-0.2, -0.15) is 0 Å². The van der Waals surface area contributed by atoms with Crippen LogP contribution < -0.4 is 21.9 Å². The Morgan fingerprint density at radius 1 is 0.966 bits per heavy atom. The van der Waals surface area contributed by atoms with Crippen molar-refractivity contribution in [2.24, 2.45) is 5.84 Å². The molecule has 0 radical (unpaired) electrons. The number of carbonyl (C=O) groups excluding carboxylic acids is 2. The Bertz CT molecular complexity index is 978. The van der Waals surface area contributed by atoms with Gasteiger partial charge in [0.2, 0.25) is 0 Å². The number of hydrogen-bond acceptors (Lipinski definition) is 4. The van der Waals surface area contributed by atoms with Crippen molar-refractivity contribution in [1.29, 1.82) is 0 Å². The second kappa shape index (κ2) is 9.86. The van der Waals surface area contributed by atoms with E-state index in [-0.39, 0.29) is 11.8 Å². The average molecular weight is 453 g/mol. The first kappa shape index (κ1) is 20.6. The number of hydrogen-bond donors (Lipinski definition) is 4. The summed E-state index contributed by atoms with van der Waals surface area (Å²) in [6.45, 7) is 0. The minimum Gasteiger partial charge on any atom is -0.377 e. The number of para-hydroxylation sites is 1. The molecule has 0 saturated heterocycles. The van der Waals surface area contributed by atoms with Gasteiger partial charge >= 0.3 is 6.03 Å². The second-order valence-electron chi connectivity index (χ2n) is 6.39. The van der Waals surface area contributed by atoms with Crippen LogP contribution in [-0.2, 0) is 0 Å². The molecular weight excluding hydrogens is 432 g/mol. The van der Waals surface area contributed by atoms with Crippen molar-refractivity contribution in [3.63, 3.8) is 0 Å². The number of ketones is 1. The highest BCUT2D eigenvalue weighted by Gasteiger charge is 2.24. The van der Waals surface area contributed by atoms with Crippen molar-refractivity contribution < 1.29 is 9.59 Å². The summed E-state index contributed by atoms with van der Waals surface area (Å²) in [6.07, 6.45) is 0.529. The quantitative estimate of drug-likeness (QED) is 0.253. The monoisotopic (exact) mass is 452 g/mol. The van der Waals surface area contributed by atoms with E-state index in [0.29, 0.717) is 12.1 Å². The van der Waals surface area contributed by atoms with Crippen LogP contribution in [0.25, 0.3) is 0 Å². The van der Waals surface area contributed by atoms with Crippen LogP contribution in [0.4, 0.5) is 16.2 Å². The van der Waals surface area contributed by atoms with Gasteiger partial charge < -0.3 is 10.6 Å². The molecule has 5 N–H and O–H groups in total. The van der Waals surface area contributed by atoms with Crippen LogP contribution in [0.3, 0.4) is 0 Å². The summed E-state index contributed by atoms with van der Waals surface area (Å²) in [5.74, 6) is 5.09. The predicted octanol–water partition coefficient (Wildman–Crippen LogP) is 4.87. The Morgan fingerprint density at radius 2 is 1.62 bits per heavy atom. The summed E-state index contributed by atoms with van der Waals surface area (Å²) in [7, 11) is 0. The van der Waals surface area contributed by atoms with E-state index in [4.69, 9.17) is 5.84 Å². The Labute approximate surface area is 177 Å². The largest absolute Gasteiger partial charge is 0.377 e. The van der Waals surface area contributed by atoms with Crippen LogP contribution in [0.1, 0.15) is 28.4 Å². The fraction of sp³-hybridized carbons (Fsp3) is 0.0909. The van der Waals surface area contributed by atoms with Gasteiger partial charge in [-0.1, -0.05) is 58.4 Å². The lowest BCUT2D eigenvalue weighted by Gasteiger charge is -2.26. The Morgan fingerprint density at radius 3 is 2.31 bits per heavy atom. The van der Waals surface area contributed by atoms with Crippen LogP contribution in [0.15, 0.2) is 83.3 Å². The summed E-state index contributed by atoms with van der Waals surface area (Å²) in [6, 6.07) is 24.6. The molecule has 0 fully saturated rings. The van der Waals surface area contributed by atoms with Crippen molar-refractivity contribution >= 4 is 39.1 Å². The molecule has 1 unspecified atom stereocenters. The zero-order valence-corrected chi connectivity index (χ0v) is 17.1. The third kappa shape index (κ3) is 5.66. The molecule has 0 spiro atoms. The lowest BCUT2D eigenvalue weighted by atomic mass is 9.92. The van der Waals surface area contributed by atoms with Crippen molar-refractivity contribution in [3.05, 3.63) is 94.5 Å². The van der Waals surface area contributed by atoms with E-state index >= 15 is 0 Å². The first-order valence-corrected chi connectivity index (χ1v) is 9.83. The highest BCUT2D eigenvalue weighted by Crippen LogP contribution is 2.32. The number of benzene rings is 3. The van der Waals surface area contributed by atoms with Gasteiger partial charge in [-0.3, -0.25) is 10.2 Å². The Kier molecular flexibility index (Phi) is 6.99. The predicted molar refractivity (Wildman–Crippen MR) is 119 cm³/mol. The van der Waals surface area contributed by atoms with Crippen molar-refractivity contribution in [3.8, 4) is 0 Å². The Balaban J connectivity index is 0.000000177. The Hall–Kier alpha value is -3.16. The average Bonchev–Trinajstić information content (AvgIpc) is 2.76. The molecule has 1 atom stereocenters. The highest BCUT2D eigenvalue weighted by atomic mass is 79.9. The fourth-order valence-corrected chi connectivity index (χ4v) is 3.24. The normalized spacial score (nSPS) is 14.6. The minimum absolute atomic E-state index is 0.0959. The van der Waals surface area contributed by atoms with Gasteiger partial charge in [-0.05, 0) is 42.0 Å². The summed E-state index contributed by atoms with van der Waals surface area (Å²) in [4.78, 5) is 22.7. The number of carbonyl (C=O) groups is 2. The number of halogens is 1. The molecule has 0 aliphatic carbocycles. The minimum atomic E-state index is -0.433. The maximum atomic E-state index is 12.0. The number of anilines is 2. The maximum Gasteiger partial charge on any atom is 0.333 e. The summed E-state index contributed by atoms with van der Waals surface area (Å²) < 4.78 is 0.959. The SMILES string of the molecule is NNC(=O)Nc1ccc(Br)cc1.O=C1CC(c2ccccc2)Nc2ccccc21. The fourth-order valence-electron chi connectivity index (χ4n) is 2.97. The van der Waals surface area contributed by atoms with Crippen LogP contribution >= 0.6 is 15.9 Å². The van der Waals surface area contributed by atoms with Gasteiger partial charge in [0.25, 0.3) is 0 Å². The lowest BCUT2D eigenvalue weighted by Crippen LogP contribution is -2.34. The van der Waals surface area contributed by atoms with Crippen LogP contribution in [0.2, 0.25) is 0 Å². The lowest BCUT2D eigenvalue weighted by molar-refractivity contribution is 0.0972. The number of fused-ring (bicyclic) bond motifs is 1. The molecule has 3 aromatic rings. The molecule has 3 aromatic carbocycles. The molecule has 7 heteroatoms. The molecular formula is C22H21BrN4O2. The third-order valence-corrected chi connectivity index (χ3v) is 4.91. The number of nitrogens with two attached hydrogens (primary N) is 1. The molecule has 1 heterocycles. The molecule has 2 amide bonds. The molecule has 0 saturated carbocycles. The molecule has 0 bridgehead atoms. The van der Waals surface area contributed by atoms with E-state index in [2.05, 4.69) is 38.7 Å². The highest BCUT2D eigenvalue weighted by molar-refractivity contribution is 9.10. The summed E-state index contributed by atoms with van der Waals surface area (Å²) in [5, 5.41) is 5.95. The molecule has 29 heavy (non-hydrogen) atoms. The number of Topliss-reactive ketones (excluding diaryl/α,β-unsaturated/α-hetero) is 1. The molecule has 6 nitrogen and oxygen atoms in total. The topological polar surface area (TPSA) is 96.2 Å². The van der Waals surface area contributed by atoms with Crippen LogP contribution in [0, 0.1) is 0 Å². The molecule has 0 aromatic heterocycles. The van der Waals surface area contributed by atoms with Crippen molar-refractivity contribution in [2.75, 3.05) is 10.6 Å². The smallest absolute Gasteiger partial charge is 0.333 e. The van der Waals surface area contributed by atoms with Crippen molar-refractivity contribution in [1.82, 2.24) is 5.43 Å². The first-order chi connectivity index (χ1) is 14.1. The van der Waals surface area contributed by atoms with Gasteiger partial charge in [-0.15, -0.1) is 0 Å². The van der Waals surface area contributed by atoms with E-state index in [1.807, 2.05) is 60.0 Å². The second-order valence-corrected chi connectivity index (χ2v) is 7.30. The first-order valence-electron chi connectivity index (χ1n) is 9.03. The van der Waals surface area contributed by atoms with E-state index in [1.54, 1.807) is 12.1 Å². The standard InChI is InChI=1S/C15H13NO.C7H8BrN3O/c17-15-10-14(11-6-2-1-3-7-11)16-13-9-5-4-8-12(13)15;8-5-1-3-6(4-2-5)10-7(12)11-9/h1-9,14,16H,10H2;1-4H,9H2,(H2,10,11,12). The molecule has 1 aliphatic rings. The summed E-state index contributed by atoms with van der Waals surface area (Å²) >= 11 is 3.28. The van der Waals surface area contributed by atoms with Crippen LogP contribution in [0.5, 0.6) is 0 Å². The van der Waals surface area contributed by atoms with E-state index in [9.17, 15) is 9.59 Å². The maximum absolute atomic E-state index is 12.0.